The van der Waals surface area contributed by atoms with Crippen molar-refractivity contribution in [3.05, 3.63) is 72.3 Å². The van der Waals surface area contributed by atoms with Crippen molar-refractivity contribution in [1.29, 1.82) is 0 Å². The molecule has 1 heterocycles. The molecule has 2 aromatic carbocycles. The lowest BCUT2D eigenvalue weighted by molar-refractivity contribution is -0.115. The molecular formula is C20H17N3O2S2. The van der Waals surface area contributed by atoms with E-state index in [-0.39, 0.29) is 11.7 Å². The zero-order chi connectivity index (χ0) is 19.1. The highest BCUT2D eigenvalue weighted by Crippen LogP contribution is 2.37. The molecule has 3 rings (SSSR count). The maximum absolute atomic E-state index is 12.3. The monoisotopic (exact) mass is 395 g/mol. The van der Waals surface area contributed by atoms with Gasteiger partial charge in [0.2, 0.25) is 11.8 Å². The molecule has 0 fully saturated rings. The number of rotatable bonds is 7. The Hall–Kier alpha value is -2.90. The third-order valence-electron chi connectivity index (χ3n) is 3.46. The van der Waals surface area contributed by atoms with Crippen molar-refractivity contribution in [3.63, 3.8) is 0 Å². The molecule has 0 spiro atoms. The molecule has 0 saturated carbocycles. The summed E-state index contributed by atoms with van der Waals surface area (Å²) in [5.41, 5.74) is 7.72. The summed E-state index contributed by atoms with van der Waals surface area (Å²) in [6, 6.07) is 19.2. The van der Waals surface area contributed by atoms with Crippen molar-refractivity contribution < 1.29 is 9.59 Å². The van der Waals surface area contributed by atoms with E-state index in [1.165, 1.54) is 29.2 Å². The number of nitrogens with two attached hydrogens (primary N) is 1. The Kier molecular flexibility index (Phi) is 6.40. The van der Waals surface area contributed by atoms with Gasteiger partial charge in [-0.15, -0.1) is 0 Å². The van der Waals surface area contributed by atoms with Crippen LogP contribution in [-0.2, 0) is 9.59 Å². The number of hydrogen-bond acceptors (Lipinski definition) is 5. The maximum Gasteiger partial charge on any atom is 0.249 e. The Bertz CT molecular complexity index is 954. The minimum Gasteiger partial charge on any atom is -0.369 e. The first-order valence-electron chi connectivity index (χ1n) is 8.13. The van der Waals surface area contributed by atoms with Gasteiger partial charge in [-0.3, -0.25) is 9.59 Å². The second-order valence-corrected chi connectivity index (χ2v) is 7.73. The van der Waals surface area contributed by atoms with Crippen LogP contribution in [0.4, 0.5) is 5.00 Å². The zero-order valence-electron chi connectivity index (χ0n) is 14.3. The van der Waals surface area contributed by atoms with E-state index in [0.717, 1.165) is 11.1 Å². The van der Waals surface area contributed by atoms with Gasteiger partial charge < -0.3 is 11.1 Å². The fourth-order valence-electron chi connectivity index (χ4n) is 2.26. The quantitative estimate of drug-likeness (QED) is 0.467. The molecule has 0 aliphatic carbocycles. The average molecular weight is 396 g/mol. The minimum atomic E-state index is -0.409. The number of amides is 2. The predicted molar refractivity (Wildman–Crippen MR) is 112 cm³/mol. The molecule has 0 unspecified atom stereocenters. The van der Waals surface area contributed by atoms with E-state index in [2.05, 4.69) is 10.3 Å². The highest BCUT2D eigenvalue weighted by Gasteiger charge is 2.15. The Morgan fingerprint density at radius 1 is 1.07 bits per heavy atom. The number of carbonyl (C=O) groups is 2. The average Bonchev–Trinajstić information content (AvgIpc) is 3.09. The Balaban J connectivity index is 1.81. The smallest absolute Gasteiger partial charge is 0.249 e. The predicted octanol–water partition coefficient (Wildman–Crippen LogP) is 4.04. The van der Waals surface area contributed by atoms with E-state index in [1.54, 1.807) is 6.08 Å². The van der Waals surface area contributed by atoms with Crippen LogP contribution in [0.1, 0.15) is 5.56 Å². The topological polar surface area (TPSA) is 85.1 Å². The summed E-state index contributed by atoms with van der Waals surface area (Å²) in [5.74, 6) is -0.512. The summed E-state index contributed by atoms with van der Waals surface area (Å²) in [4.78, 5) is 27.9. The van der Waals surface area contributed by atoms with Crippen LogP contribution in [0.25, 0.3) is 17.3 Å². The van der Waals surface area contributed by atoms with Crippen LogP contribution in [0.3, 0.4) is 0 Å². The summed E-state index contributed by atoms with van der Waals surface area (Å²) in [5, 5.41) is 3.52. The number of anilines is 1. The van der Waals surface area contributed by atoms with Gasteiger partial charge in [0.25, 0.3) is 0 Å². The number of aromatic nitrogens is 1. The van der Waals surface area contributed by atoms with Gasteiger partial charge in [-0.1, -0.05) is 83.8 Å². The third kappa shape index (κ3) is 5.54. The summed E-state index contributed by atoms with van der Waals surface area (Å²) in [6.45, 7) is 0. The Morgan fingerprint density at radius 2 is 1.74 bits per heavy atom. The number of thiazole rings is 1. The molecule has 0 aliphatic heterocycles. The SMILES string of the molecule is NC(=O)CSc1nc(-c2ccccc2)c(NC(=O)/C=C/c2ccccc2)s1. The number of carbonyl (C=O) groups excluding carboxylic acids is 2. The first-order chi connectivity index (χ1) is 13.1. The van der Waals surface area contributed by atoms with Gasteiger partial charge in [0.15, 0.2) is 4.34 Å². The van der Waals surface area contributed by atoms with E-state index in [1.807, 2.05) is 60.7 Å². The van der Waals surface area contributed by atoms with E-state index in [9.17, 15) is 9.59 Å². The molecule has 0 bridgehead atoms. The van der Waals surface area contributed by atoms with Gasteiger partial charge >= 0.3 is 0 Å². The van der Waals surface area contributed by atoms with Gasteiger partial charge in [-0.2, -0.15) is 0 Å². The molecule has 0 atom stereocenters. The fourth-order valence-corrected chi connectivity index (χ4v) is 4.07. The lowest BCUT2D eigenvalue weighted by Crippen LogP contribution is -2.12. The van der Waals surface area contributed by atoms with E-state index in [4.69, 9.17) is 5.73 Å². The lowest BCUT2D eigenvalue weighted by atomic mass is 10.1. The summed E-state index contributed by atoms with van der Waals surface area (Å²) < 4.78 is 0.676. The second kappa shape index (κ2) is 9.16. The molecule has 5 nitrogen and oxygen atoms in total. The lowest BCUT2D eigenvalue weighted by Gasteiger charge is -2.02. The highest BCUT2D eigenvalue weighted by molar-refractivity contribution is 8.01. The summed E-state index contributed by atoms with van der Waals surface area (Å²) in [6.07, 6.45) is 3.24. The van der Waals surface area contributed by atoms with Crippen LogP contribution in [0.2, 0.25) is 0 Å². The van der Waals surface area contributed by atoms with E-state index < -0.39 is 5.91 Å². The number of thioether (sulfide) groups is 1. The first-order valence-corrected chi connectivity index (χ1v) is 9.93. The number of nitrogens with zero attached hydrogens (tertiary/aromatic N) is 1. The molecular weight excluding hydrogens is 378 g/mol. The van der Waals surface area contributed by atoms with E-state index >= 15 is 0 Å². The minimum absolute atomic E-state index is 0.142. The second-order valence-electron chi connectivity index (χ2n) is 5.51. The van der Waals surface area contributed by atoms with Crippen molar-refractivity contribution in [3.8, 4) is 11.3 Å². The summed E-state index contributed by atoms with van der Waals surface area (Å²) >= 11 is 2.58. The van der Waals surface area contributed by atoms with Crippen molar-refractivity contribution in [2.24, 2.45) is 5.73 Å². The van der Waals surface area contributed by atoms with Gasteiger partial charge in [-0.05, 0) is 11.6 Å². The molecule has 2 amide bonds. The van der Waals surface area contributed by atoms with Crippen molar-refractivity contribution in [1.82, 2.24) is 4.98 Å². The zero-order valence-corrected chi connectivity index (χ0v) is 15.9. The molecule has 0 aliphatic rings. The molecule has 136 valence electrons. The molecule has 0 radical (unpaired) electrons. The number of benzene rings is 2. The normalized spacial score (nSPS) is 10.8. The van der Waals surface area contributed by atoms with Crippen LogP contribution >= 0.6 is 23.1 Å². The summed E-state index contributed by atoms with van der Waals surface area (Å²) in [7, 11) is 0. The largest absolute Gasteiger partial charge is 0.369 e. The highest BCUT2D eigenvalue weighted by atomic mass is 32.2. The van der Waals surface area contributed by atoms with Crippen molar-refractivity contribution >= 4 is 46.0 Å². The standard InChI is InChI=1S/C20H17N3O2S2/c21-16(24)13-26-20-23-18(15-9-5-2-6-10-15)19(27-20)22-17(25)12-11-14-7-3-1-4-8-14/h1-12H,13H2,(H2,21,24)(H,22,25)/b12-11+. The molecule has 3 aromatic rings. The van der Waals surface area contributed by atoms with Crippen molar-refractivity contribution in [2.45, 2.75) is 4.34 Å². The van der Waals surface area contributed by atoms with Crippen LogP contribution in [0, 0.1) is 0 Å². The number of hydrogen-bond donors (Lipinski definition) is 2. The maximum atomic E-state index is 12.3. The van der Waals surface area contributed by atoms with Crippen LogP contribution < -0.4 is 11.1 Å². The van der Waals surface area contributed by atoms with Crippen molar-refractivity contribution in [2.75, 3.05) is 11.1 Å². The van der Waals surface area contributed by atoms with E-state index in [0.29, 0.717) is 15.0 Å². The van der Waals surface area contributed by atoms with Gasteiger partial charge in [0.1, 0.15) is 10.7 Å². The molecule has 27 heavy (non-hydrogen) atoms. The van der Waals surface area contributed by atoms with Gasteiger partial charge in [0, 0.05) is 11.6 Å². The number of primary amides is 1. The Morgan fingerprint density at radius 3 is 2.41 bits per heavy atom. The molecule has 3 N–H and O–H groups in total. The molecule has 1 aromatic heterocycles. The van der Waals surface area contributed by atoms with Crippen LogP contribution in [0.5, 0.6) is 0 Å². The first kappa shape index (κ1) is 18.9. The molecule has 0 saturated heterocycles. The van der Waals surface area contributed by atoms with Gasteiger partial charge in [-0.25, -0.2) is 4.98 Å². The fraction of sp³-hybridized carbons (Fsp3) is 0.0500. The third-order valence-corrected chi connectivity index (χ3v) is 5.59. The molecule has 7 heteroatoms. The van der Waals surface area contributed by atoms with Gasteiger partial charge in [0.05, 0.1) is 5.75 Å². The number of nitrogens with one attached hydrogen (secondary N) is 1. The Labute approximate surface area is 165 Å². The van der Waals surface area contributed by atoms with Crippen LogP contribution in [-0.4, -0.2) is 22.6 Å². The van der Waals surface area contributed by atoms with Crippen LogP contribution in [0.15, 0.2) is 71.1 Å².